The first-order valence-electron chi connectivity index (χ1n) is 8.54. The van der Waals surface area contributed by atoms with Crippen LogP contribution in [0.3, 0.4) is 0 Å². The second-order valence-electron chi connectivity index (χ2n) is 5.40. The van der Waals surface area contributed by atoms with Crippen molar-refractivity contribution >= 4 is 17.6 Å². The second-order valence-corrected chi connectivity index (χ2v) is 5.81. The Morgan fingerprint density at radius 3 is 2.00 bits per heavy atom. The van der Waals surface area contributed by atoms with Crippen molar-refractivity contribution in [3.8, 4) is 23.0 Å². The Balaban J connectivity index is 2.36. The van der Waals surface area contributed by atoms with Crippen molar-refractivity contribution in [1.82, 2.24) is 0 Å². The number of halogens is 1. The minimum atomic E-state index is -0.517. The van der Waals surface area contributed by atoms with Gasteiger partial charge in [-0.15, -0.1) is 0 Å². The lowest BCUT2D eigenvalue weighted by atomic mass is 10.1. The Bertz CT molecular complexity index is 746. The molecule has 0 bridgehead atoms. The van der Waals surface area contributed by atoms with E-state index in [1.165, 1.54) is 0 Å². The fourth-order valence-corrected chi connectivity index (χ4v) is 2.47. The third kappa shape index (κ3) is 4.82. The van der Waals surface area contributed by atoms with E-state index in [1.54, 1.807) is 30.3 Å². The summed E-state index contributed by atoms with van der Waals surface area (Å²) in [6.45, 7) is 8.75. The van der Waals surface area contributed by atoms with Gasteiger partial charge in [-0.05, 0) is 63.6 Å². The second kappa shape index (κ2) is 9.34. The topological polar surface area (TPSA) is 54.0 Å². The highest BCUT2D eigenvalue weighted by Crippen LogP contribution is 2.39. The molecule has 0 aliphatic heterocycles. The average Bonchev–Trinajstić information content (AvgIpc) is 2.61. The van der Waals surface area contributed by atoms with Gasteiger partial charge in [0.1, 0.15) is 5.75 Å². The van der Waals surface area contributed by atoms with Crippen molar-refractivity contribution in [2.45, 2.75) is 27.7 Å². The van der Waals surface area contributed by atoms with Crippen LogP contribution in [0.4, 0.5) is 0 Å². The Labute approximate surface area is 158 Å². The van der Waals surface area contributed by atoms with Gasteiger partial charge in [0, 0.05) is 5.02 Å². The fourth-order valence-electron chi connectivity index (χ4n) is 2.35. The first-order valence-corrected chi connectivity index (χ1v) is 8.92. The van der Waals surface area contributed by atoms with Crippen LogP contribution in [0.25, 0.3) is 0 Å². The van der Waals surface area contributed by atoms with Crippen molar-refractivity contribution < 1.29 is 23.7 Å². The number of hydrogen-bond acceptors (Lipinski definition) is 5. The molecule has 0 aliphatic rings. The molecule has 2 aromatic carbocycles. The molecule has 0 saturated carbocycles. The van der Waals surface area contributed by atoms with Crippen LogP contribution in [-0.4, -0.2) is 25.8 Å². The molecule has 0 saturated heterocycles. The summed E-state index contributed by atoms with van der Waals surface area (Å²) in [6.07, 6.45) is 0. The number of esters is 1. The van der Waals surface area contributed by atoms with Gasteiger partial charge in [-0.25, -0.2) is 4.79 Å². The molecule has 0 amide bonds. The lowest BCUT2D eigenvalue weighted by Gasteiger charge is -2.17. The number of aryl methyl sites for hydroxylation is 1. The monoisotopic (exact) mass is 378 g/mol. The van der Waals surface area contributed by atoms with Gasteiger partial charge < -0.3 is 18.9 Å². The van der Waals surface area contributed by atoms with Gasteiger partial charge in [-0.1, -0.05) is 11.6 Å². The lowest BCUT2D eigenvalue weighted by molar-refractivity contribution is 0.0733. The Kier molecular flexibility index (Phi) is 7.16. The third-order valence-corrected chi connectivity index (χ3v) is 3.91. The molecule has 5 nitrogen and oxygen atoms in total. The molecule has 0 spiro atoms. The first kappa shape index (κ1) is 19.9. The van der Waals surface area contributed by atoms with Crippen LogP contribution in [0.5, 0.6) is 23.0 Å². The van der Waals surface area contributed by atoms with Crippen molar-refractivity contribution in [3.63, 3.8) is 0 Å². The smallest absolute Gasteiger partial charge is 0.343 e. The number of rotatable bonds is 8. The fraction of sp³-hybridized carbons (Fsp3) is 0.350. The molecule has 0 heterocycles. The lowest BCUT2D eigenvalue weighted by Crippen LogP contribution is -2.11. The van der Waals surface area contributed by atoms with Gasteiger partial charge >= 0.3 is 5.97 Å². The average molecular weight is 379 g/mol. The molecule has 0 aromatic heterocycles. The van der Waals surface area contributed by atoms with E-state index >= 15 is 0 Å². The zero-order chi connectivity index (χ0) is 19.1. The minimum Gasteiger partial charge on any atom is -0.490 e. The summed E-state index contributed by atoms with van der Waals surface area (Å²) in [6, 6.07) is 8.25. The summed E-state index contributed by atoms with van der Waals surface area (Å²) in [7, 11) is 0. The molecule has 0 radical (unpaired) electrons. The number of carbonyl (C=O) groups excluding carboxylic acids is 1. The van der Waals surface area contributed by atoms with E-state index < -0.39 is 5.97 Å². The molecular weight excluding hydrogens is 356 g/mol. The molecule has 0 N–H and O–H groups in total. The van der Waals surface area contributed by atoms with Gasteiger partial charge in [0.15, 0.2) is 11.5 Å². The van der Waals surface area contributed by atoms with E-state index in [9.17, 15) is 4.79 Å². The van der Waals surface area contributed by atoms with E-state index in [-0.39, 0.29) is 0 Å². The molecule has 0 aliphatic carbocycles. The largest absolute Gasteiger partial charge is 0.490 e. The molecule has 2 aromatic rings. The van der Waals surface area contributed by atoms with Gasteiger partial charge in [-0.2, -0.15) is 0 Å². The Hall–Kier alpha value is -2.40. The predicted molar refractivity (Wildman–Crippen MR) is 101 cm³/mol. The third-order valence-electron chi connectivity index (χ3n) is 3.48. The number of hydrogen-bond donors (Lipinski definition) is 0. The SMILES string of the molecule is CCOc1cc(C(=O)Oc2ccc(Cl)c(C)c2)cc(OCC)c1OCC. The quantitative estimate of drug-likeness (QED) is 0.474. The highest BCUT2D eigenvalue weighted by atomic mass is 35.5. The molecule has 26 heavy (non-hydrogen) atoms. The van der Waals surface area contributed by atoms with Crippen molar-refractivity contribution in [1.29, 1.82) is 0 Å². The summed E-state index contributed by atoms with van der Waals surface area (Å²) in [4.78, 5) is 12.6. The van der Waals surface area contributed by atoms with E-state index in [1.807, 2.05) is 27.7 Å². The summed E-state index contributed by atoms with van der Waals surface area (Å²) < 4.78 is 22.3. The Morgan fingerprint density at radius 1 is 0.923 bits per heavy atom. The Morgan fingerprint density at radius 2 is 1.50 bits per heavy atom. The van der Waals surface area contributed by atoms with E-state index in [4.69, 9.17) is 30.5 Å². The summed E-state index contributed by atoms with van der Waals surface area (Å²) in [5.74, 6) is 1.27. The number of ether oxygens (including phenoxy) is 4. The number of benzene rings is 2. The first-order chi connectivity index (χ1) is 12.5. The minimum absolute atomic E-state index is 0.313. The van der Waals surface area contributed by atoms with Crippen LogP contribution in [0.2, 0.25) is 5.02 Å². The standard InChI is InChI=1S/C20H23ClO5/c1-5-23-17-11-14(12-18(24-6-2)19(17)25-7-3)20(22)26-15-8-9-16(21)13(4)10-15/h8-12H,5-7H2,1-4H3. The van der Waals surface area contributed by atoms with Crippen molar-refractivity contribution in [2.24, 2.45) is 0 Å². The molecular formula is C20H23ClO5. The molecule has 2 rings (SSSR count). The van der Waals surface area contributed by atoms with Crippen LogP contribution in [-0.2, 0) is 0 Å². The van der Waals surface area contributed by atoms with Crippen LogP contribution in [0, 0.1) is 6.92 Å². The maximum absolute atomic E-state index is 12.6. The normalized spacial score (nSPS) is 10.3. The van der Waals surface area contributed by atoms with Crippen LogP contribution >= 0.6 is 11.6 Å². The summed E-state index contributed by atoms with van der Waals surface area (Å²) in [5, 5.41) is 0.614. The molecule has 6 heteroatoms. The maximum atomic E-state index is 12.6. The molecule has 0 fully saturated rings. The van der Waals surface area contributed by atoms with Gasteiger partial charge in [0.2, 0.25) is 5.75 Å². The van der Waals surface area contributed by atoms with Crippen molar-refractivity contribution in [2.75, 3.05) is 19.8 Å². The molecule has 0 unspecified atom stereocenters. The molecule has 140 valence electrons. The van der Waals surface area contributed by atoms with Crippen LogP contribution in [0.15, 0.2) is 30.3 Å². The predicted octanol–water partition coefficient (Wildman–Crippen LogP) is 5.06. The van der Waals surface area contributed by atoms with Crippen LogP contribution < -0.4 is 18.9 Å². The van der Waals surface area contributed by atoms with Gasteiger partial charge in [0.25, 0.3) is 0 Å². The molecule has 0 atom stereocenters. The highest BCUT2D eigenvalue weighted by molar-refractivity contribution is 6.31. The zero-order valence-electron chi connectivity index (χ0n) is 15.4. The summed E-state index contributed by atoms with van der Waals surface area (Å²) >= 11 is 6.00. The van der Waals surface area contributed by atoms with Crippen LogP contribution in [0.1, 0.15) is 36.7 Å². The van der Waals surface area contributed by atoms with Gasteiger partial charge in [0.05, 0.1) is 25.4 Å². The highest BCUT2D eigenvalue weighted by Gasteiger charge is 2.19. The van der Waals surface area contributed by atoms with Gasteiger partial charge in [-0.3, -0.25) is 0 Å². The zero-order valence-corrected chi connectivity index (χ0v) is 16.2. The summed E-state index contributed by atoms with van der Waals surface area (Å²) in [5.41, 5.74) is 1.14. The number of carbonyl (C=O) groups is 1. The maximum Gasteiger partial charge on any atom is 0.343 e. The van der Waals surface area contributed by atoms with E-state index in [0.29, 0.717) is 53.4 Å². The van der Waals surface area contributed by atoms with E-state index in [0.717, 1.165) is 5.56 Å². The van der Waals surface area contributed by atoms with E-state index in [2.05, 4.69) is 0 Å². The van der Waals surface area contributed by atoms with Crippen molar-refractivity contribution in [3.05, 3.63) is 46.5 Å².